The summed E-state index contributed by atoms with van der Waals surface area (Å²) in [7, 11) is 1.61. The number of pyridine rings is 2. The number of methoxy groups -OCH3 is 2. The van der Waals surface area contributed by atoms with Gasteiger partial charge >= 0.3 is 18.5 Å². The van der Waals surface area contributed by atoms with Gasteiger partial charge in [0.2, 0.25) is 16.7 Å². The molecule has 18 nitrogen and oxygen atoms in total. The zero-order chi connectivity index (χ0) is 69.3. The van der Waals surface area contributed by atoms with E-state index in [-0.39, 0.29) is 77.0 Å². The van der Waals surface area contributed by atoms with Crippen LogP contribution in [0, 0.1) is 23.6 Å². The lowest BCUT2D eigenvalue weighted by Crippen LogP contribution is -2.51. The molecule has 510 valence electrons. The highest BCUT2D eigenvalue weighted by atomic mass is 28.3. The van der Waals surface area contributed by atoms with Crippen molar-refractivity contribution >= 4 is 19.6 Å². The molecule has 3 aromatic heterocycles. The Kier molecular flexibility index (Phi) is 21.0. The Morgan fingerprint density at radius 3 is 1.47 bits per heavy atom. The summed E-state index contributed by atoms with van der Waals surface area (Å²) in [5, 5.41) is 33.2. The van der Waals surface area contributed by atoms with Crippen LogP contribution >= 0.6 is 0 Å². The minimum Gasteiger partial charge on any atom is -0.493 e. The Morgan fingerprint density at radius 2 is 1.10 bits per heavy atom. The summed E-state index contributed by atoms with van der Waals surface area (Å²) in [6.45, 7) is 6.56. The molecule has 0 radical (unpaired) electrons. The number of halogens is 11. The monoisotopic (exact) mass is 1370 g/mol. The van der Waals surface area contributed by atoms with Crippen LogP contribution in [0.2, 0.25) is 19.6 Å². The fourth-order valence-corrected chi connectivity index (χ4v) is 10.1. The Bertz CT molecular complexity index is 4080. The quantitative estimate of drug-likeness (QED) is 0.0137. The van der Waals surface area contributed by atoms with Gasteiger partial charge in [-0.15, -0.1) is 17.1 Å². The van der Waals surface area contributed by atoms with E-state index in [0.717, 1.165) is 80.5 Å². The van der Waals surface area contributed by atoms with Crippen molar-refractivity contribution in [2.75, 3.05) is 27.4 Å². The first-order valence-electron chi connectivity index (χ1n) is 29.3. The number of fused-ring (bicyclic) bond motifs is 2. The van der Waals surface area contributed by atoms with Gasteiger partial charge in [-0.1, -0.05) is 37.4 Å². The molecule has 2 aliphatic carbocycles. The Morgan fingerprint density at radius 1 is 0.688 bits per heavy atom. The number of nitrogens with zero attached hydrogens (tertiary/aromatic N) is 8. The number of azide groups is 1. The number of hydrogen-bond acceptors (Lipinski definition) is 15. The molecule has 2 N–H and O–H groups in total. The molecule has 2 aliphatic heterocycles. The second-order valence-corrected chi connectivity index (χ2v) is 28.8. The van der Waals surface area contributed by atoms with Crippen molar-refractivity contribution in [3.63, 3.8) is 0 Å². The number of benzene rings is 4. The summed E-state index contributed by atoms with van der Waals surface area (Å²) < 4.78 is 194. The van der Waals surface area contributed by atoms with E-state index >= 15 is 0 Å². The number of carbonyl (C=O) groups is 2. The average molecular weight is 1370 g/mol. The SMILES string of the molecule is C.C#C[Si](C)(C)C.COc1cc(C(=O)CC[C@](O)(c2cc3c(c(-c4ccc(F)cc4)n2)OC[C@@]3(n2ccnn2)C(F)(F)F)C(F)(F)F)ccc1OC1CC1.COc1cc(C(=O)CC[C@](O)(c2cc3c(c(-c4ccc(F)cc4)n2)OC[C@]3(C)N=[N+]=[N-])C(F)(F)F)ccc1OC1CC1. The van der Waals surface area contributed by atoms with Crippen LogP contribution in [-0.4, -0.2) is 113 Å². The number of ketones is 2. The van der Waals surface area contributed by atoms with Gasteiger partial charge in [-0.05, 0) is 148 Å². The Labute approximate surface area is 544 Å². The number of hydrogen-bond donors (Lipinski definition) is 2. The molecule has 0 bridgehead atoms. The second kappa shape index (κ2) is 27.8. The van der Waals surface area contributed by atoms with Gasteiger partial charge in [-0.25, -0.2) is 23.4 Å². The number of terminal acetylenes is 1. The van der Waals surface area contributed by atoms with Crippen molar-refractivity contribution in [3.8, 4) is 69.0 Å². The summed E-state index contributed by atoms with van der Waals surface area (Å²) in [5.41, 5.74) is -3.55. The molecule has 2 fully saturated rings. The highest BCUT2D eigenvalue weighted by Crippen LogP contribution is 2.55. The minimum atomic E-state index is -5.53. The van der Waals surface area contributed by atoms with Crippen molar-refractivity contribution in [2.45, 2.75) is 138 Å². The van der Waals surface area contributed by atoms with E-state index in [1.807, 2.05) is 0 Å². The molecule has 2 saturated carbocycles. The van der Waals surface area contributed by atoms with Crippen molar-refractivity contribution in [3.05, 3.63) is 165 Å². The van der Waals surface area contributed by atoms with Crippen LogP contribution in [0.25, 0.3) is 33.0 Å². The van der Waals surface area contributed by atoms with Crippen LogP contribution in [0.15, 0.2) is 115 Å². The zero-order valence-corrected chi connectivity index (χ0v) is 52.6. The molecule has 4 aliphatic rings. The maximum Gasteiger partial charge on any atom is 0.422 e. The van der Waals surface area contributed by atoms with Crippen molar-refractivity contribution in [1.82, 2.24) is 25.0 Å². The van der Waals surface area contributed by atoms with Crippen LogP contribution in [0.5, 0.6) is 34.5 Å². The third-order valence-electron chi connectivity index (χ3n) is 15.9. The predicted molar refractivity (Wildman–Crippen MR) is 329 cm³/mol. The first-order valence-corrected chi connectivity index (χ1v) is 32.8. The normalized spacial score (nSPS) is 18.4. The standard InChI is InChI=1S/C31H25F7N4O5.C29H26F4N4O5.C5H10Si.CH4/c1-45-24-14-18(4-9-23(24)47-20-7-8-20)22(43)10-11-29(44,31(36,37)38)25-15-21-27(26(40-25)17-2-5-19(32)6-3-17)46-16-28(21,30(33,34)35)42-13-12-39-41-42;1-27(36-37-34)15-41-26-20(27)14-24(35-25(26)16-3-6-18(30)7-4-16)28(39,29(31,32)33)12-11-21(38)17-5-10-22(23(13-17)40-2)42-19-8-9-19;1-5-6(2,3)4;/h2-6,9,12-15,20,44H,7-8,10-11,16H2,1H3;3-7,10,13-14,19,39H,8-9,11-12,15H2,1-2H3;1H,2-4H3;1H4/t28-,29-;27-,28-;;/m00../s1. The second-order valence-electron chi connectivity index (χ2n) is 24.0. The number of rotatable bonds is 20. The van der Waals surface area contributed by atoms with Crippen molar-refractivity contribution in [2.24, 2.45) is 5.11 Å². The van der Waals surface area contributed by atoms with Crippen LogP contribution in [0.4, 0.5) is 48.3 Å². The van der Waals surface area contributed by atoms with Gasteiger partial charge in [0.15, 0.2) is 40.3 Å². The van der Waals surface area contributed by atoms with Gasteiger partial charge in [0.25, 0.3) is 0 Å². The van der Waals surface area contributed by atoms with Crippen LogP contribution in [-0.2, 0) is 22.3 Å². The molecular formula is C66H65F11N8O10Si. The molecular weight excluding hydrogens is 1300 g/mol. The first-order chi connectivity index (χ1) is 44.6. The average Bonchev–Trinajstić information content (AvgIpc) is 1.50. The lowest BCUT2D eigenvalue weighted by atomic mass is 9.85. The Balaban J connectivity index is 0.000000225. The molecule has 0 saturated heterocycles. The first kappa shape index (κ1) is 72.5. The minimum absolute atomic E-state index is 0. The number of Topliss-reactive ketones (excluding diaryl/α,β-unsaturated/α-hetero) is 2. The van der Waals surface area contributed by atoms with Crippen molar-refractivity contribution < 1.29 is 96.5 Å². The van der Waals surface area contributed by atoms with Gasteiger partial charge in [-0.3, -0.25) is 9.59 Å². The highest BCUT2D eigenvalue weighted by Gasteiger charge is 2.65. The number of ether oxygens (including phenoxy) is 6. The summed E-state index contributed by atoms with van der Waals surface area (Å²) in [5.74, 6) is -2.10. The van der Waals surface area contributed by atoms with Crippen LogP contribution in [0.1, 0.15) is 109 Å². The molecule has 5 heterocycles. The molecule has 30 heteroatoms. The van der Waals surface area contributed by atoms with Gasteiger partial charge in [0.05, 0.1) is 44.0 Å². The van der Waals surface area contributed by atoms with Crippen LogP contribution < -0.4 is 28.4 Å². The summed E-state index contributed by atoms with van der Waals surface area (Å²) >= 11 is 0. The van der Waals surface area contributed by atoms with Gasteiger partial charge < -0.3 is 38.6 Å². The molecule has 7 aromatic rings. The fraction of sp³-hybridized carbons (Fsp3) is 0.394. The lowest BCUT2D eigenvalue weighted by molar-refractivity contribution is -0.270. The smallest absolute Gasteiger partial charge is 0.422 e. The number of aromatic nitrogens is 5. The predicted octanol–water partition coefficient (Wildman–Crippen LogP) is 15.0. The summed E-state index contributed by atoms with van der Waals surface area (Å²) in [4.78, 5) is 37.1. The Hall–Kier alpha value is -9.30. The number of aliphatic hydroxyl groups is 2. The topological polar surface area (TPSA) is 235 Å². The van der Waals surface area contributed by atoms with E-state index in [0.29, 0.717) is 22.2 Å². The maximum atomic E-state index is 14.9. The third-order valence-corrected chi connectivity index (χ3v) is 16.8. The largest absolute Gasteiger partial charge is 0.493 e. The van der Waals surface area contributed by atoms with Crippen molar-refractivity contribution in [1.29, 1.82) is 0 Å². The van der Waals surface area contributed by atoms with Gasteiger partial charge in [-0.2, -0.15) is 39.5 Å². The fourth-order valence-electron chi connectivity index (χ4n) is 10.1. The maximum absolute atomic E-state index is 14.9. The van der Waals surface area contributed by atoms with Crippen LogP contribution in [0.3, 0.4) is 0 Å². The lowest BCUT2D eigenvalue weighted by Gasteiger charge is -2.33. The molecule has 11 rings (SSSR count). The molecule has 4 atom stereocenters. The zero-order valence-electron chi connectivity index (χ0n) is 51.6. The molecule has 0 spiro atoms. The summed E-state index contributed by atoms with van der Waals surface area (Å²) in [6.07, 6.45) is -9.48. The van der Waals surface area contributed by atoms with E-state index in [1.54, 1.807) is 0 Å². The van der Waals surface area contributed by atoms with E-state index in [4.69, 9.17) is 40.4 Å². The number of alkyl halides is 9. The van der Waals surface area contributed by atoms with Gasteiger partial charge in [0, 0.05) is 57.3 Å². The van der Waals surface area contributed by atoms with E-state index in [1.165, 1.54) is 69.7 Å². The van der Waals surface area contributed by atoms with E-state index < -0.39 is 133 Å². The molecule has 0 amide bonds. The number of carbonyl (C=O) groups excluding carboxylic acids is 2. The highest BCUT2D eigenvalue weighted by molar-refractivity contribution is 6.83. The molecule has 4 aromatic carbocycles. The van der Waals surface area contributed by atoms with E-state index in [2.05, 4.69) is 55.5 Å². The van der Waals surface area contributed by atoms with E-state index in [9.17, 15) is 68.1 Å². The third kappa shape index (κ3) is 15.2. The van der Waals surface area contributed by atoms with Gasteiger partial charge in [0.1, 0.15) is 55.6 Å². The summed E-state index contributed by atoms with van der Waals surface area (Å²) in [6, 6.07) is 18.7. The molecule has 96 heavy (non-hydrogen) atoms. The molecule has 0 unspecified atom stereocenters.